The van der Waals surface area contributed by atoms with Crippen LogP contribution in [0.5, 0.6) is 0 Å². The van der Waals surface area contributed by atoms with Gasteiger partial charge in [0.25, 0.3) is 10.0 Å². The highest BCUT2D eigenvalue weighted by molar-refractivity contribution is 7.93. The molecule has 0 bridgehead atoms. The SMILES string of the molecule is Cc1c(C)c(C)c(S(=O)(=O)N(C)c2ccc(F)cc2F)c(C)c1C. The lowest BCUT2D eigenvalue weighted by molar-refractivity contribution is 0.576. The first-order valence-electron chi connectivity index (χ1n) is 7.51. The molecule has 0 fully saturated rings. The third-order valence-corrected chi connectivity index (χ3v) is 6.84. The van der Waals surface area contributed by atoms with Crippen LogP contribution in [0.25, 0.3) is 0 Å². The van der Waals surface area contributed by atoms with Gasteiger partial charge < -0.3 is 0 Å². The summed E-state index contributed by atoms with van der Waals surface area (Å²) in [6.07, 6.45) is 0. The van der Waals surface area contributed by atoms with E-state index in [0.717, 1.165) is 33.1 Å². The first kappa shape index (κ1) is 18.4. The van der Waals surface area contributed by atoms with E-state index in [0.29, 0.717) is 17.2 Å². The maximum atomic E-state index is 14.0. The van der Waals surface area contributed by atoms with Crippen molar-refractivity contribution >= 4 is 15.7 Å². The zero-order valence-electron chi connectivity index (χ0n) is 14.7. The third kappa shape index (κ3) is 2.79. The maximum absolute atomic E-state index is 14.0. The fraction of sp³-hybridized carbons (Fsp3) is 0.333. The Labute approximate surface area is 142 Å². The van der Waals surface area contributed by atoms with Crippen LogP contribution in [0.1, 0.15) is 27.8 Å². The molecule has 0 amide bonds. The minimum Gasteiger partial charge on any atom is -0.266 e. The largest absolute Gasteiger partial charge is 0.266 e. The highest BCUT2D eigenvalue weighted by Crippen LogP contribution is 2.33. The molecule has 0 aliphatic rings. The van der Waals surface area contributed by atoms with Crippen LogP contribution >= 0.6 is 0 Å². The van der Waals surface area contributed by atoms with Gasteiger partial charge in [-0.1, -0.05) is 0 Å². The van der Waals surface area contributed by atoms with Crippen molar-refractivity contribution in [3.8, 4) is 0 Å². The van der Waals surface area contributed by atoms with Crippen molar-refractivity contribution < 1.29 is 17.2 Å². The number of anilines is 1. The predicted molar refractivity (Wildman–Crippen MR) is 92.1 cm³/mol. The zero-order valence-corrected chi connectivity index (χ0v) is 15.5. The number of hydrogen-bond donors (Lipinski definition) is 0. The molecule has 3 nitrogen and oxygen atoms in total. The predicted octanol–water partition coefficient (Wildman–Crippen LogP) is 4.33. The molecule has 24 heavy (non-hydrogen) atoms. The summed E-state index contributed by atoms with van der Waals surface area (Å²) in [6, 6.07) is 2.84. The Morgan fingerprint density at radius 2 is 1.29 bits per heavy atom. The zero-order chi connectivity index (χ0) is 18.4. The van der Waals surface area contributed by atoms with E-state index >= 15 is 0 Å². The first-order valence-corrected chi connectivity index (χ1v) is 8.95. The van der Waals surface area contributed by atoms with E-state index in [2.05, 4.69) is 0 Å². The van der Waals surface area contributed by atoms with E-state index < -0.39 is 21.7 Å². The average Bonchev–Trinajstić information content (AvgIpc) is 2.50. The van der Waals surface area contributed by atoms with E-state index in [1.807, 2.05) is 20.8 Å². The van der Waals surface area contributed by atoms with Gasteiger partial charge in [-0.3, -0.25) is 4.31 Å². The summed E-state index contributed by atoms with van der Waals surface area (Å²) in [7, 11) is -2.71. The Morgan fingerprint density at radius 1 is 0.833 bits per heavy atom. The summed E-state index contributed by atoms with van der Waals surface area (Å²) in [6.45, 7) is 9.18. The van der Waals surface area contributed by atoms with Crippen molar-refractivity contribution in [2.45, 2.75) is 39.5 Å². The monoisotopic (exact) mass is 353 g/mol. The van der Waals surface area contributed by atoms with Crippen LogP contribution in [0.15, 0.2) is 23.1 Å². The van der Waals surface area contributed by atoms with Gasteiger partial charge in [-0.2, -0.15) is 0 Å². The van der Waals surface area contributed by atoms with Crippen molar-refractivity contribution in [2.24, 2.45) is 0 Å². The van der Waals surface area contributed by atoms with Crippen LogP contribution in [-0.4, -0.2) is 15.5 Å². The lowest BCUT2D eigenvalue weighted by atomic mass is 9.95. The molecule has 0 aliphatic carbocycles. The first-order chi connectivity index (χ1) is 11.0. The maximum Gasteiger partial charge on any atom is 0.264 e. The quantitative estimate of drug-likeness (QED) is 0.823. The number of halogens is 2. The van der Waals surface area contributed by atoms with E-state index in [4.69, 9.17) is 0 Å². The van der Waals surface area contributed by atoms with Gasteiger partial charge in [-0.25, -0.2) is 17.2 Å². The molecule has 6 heteroatoms. The molecule has 0 radical (unpaired) electrons. The molecule has 2 aromatic rings. The van der Waals surface area contributed by atoms with Gasteiger partial charge in [0.15, 0.2) is 0 Å². The number of benzene rings is 2. The molecule has 0 saturated heterocycles. The Hall–Kier alpha value is -1.95. The molecule has 0 N–H and O–H groups in total. The molecule has 0 heterocycles. The number of sulfonamides is 1. The van der Waals surface area contributed by atoms with Crippen LogP contribution in [0.3, 0.4) is 0 Å². The van der Waals surface area contributed by atoms with Crippen molar-refractivity contribution in [2.75, 3.05) is 11.4 Å². The highest BCUT2D eigenvalue weighted by atomic mass is 32.2. The van der Waals surface area contributed by atoms with Gasteiger partial charge >= 0.3 is 0 Å². The average molecular weight is 353 g/mol. The van der Waals surface area contributed by atoms with Gasteiger partial charge in [0, 0.05) is 13.1 Å². The summed E-state index contributed by atoms with van der Waals surface area (Å²) in [5.41, 5.74) is 3.93. The van der Waals surface area contributed by atoms with E-state index in [1.54, 1.807) is 13.8 Å². The number of nitrogens with zero attached hydrogens (tertiary/aromatic N) is 1. The summed E-state index contributed by atoms with van der Waals surface area (Å²) < 4.78 is 54.2. The Morgan fingerprint density at radius 3 is 1.75 bits per heavy atom. The molecule has 0 saturated carbocycles. The standard InChI is InChI=1S/C18H21F2NO2S/c1-10-11(2)13(4)18(14(5)12(10)3)24(22,23)21(6)17-8-7-15(19)9-16(17)20/h7-9H,1-6H3. The third-order valence-electron chi connectivity index (χ3n) is 4.80. The molecule has 130 valence electrons. The van der Waals surface area contributed by atoms with Crippen LogP contribution in [0.4, 0.5) is 14.5 Å². The second kappa shape index (κ2) is 6.16. The lowest BCUT2D eigenvalue weighted by Gasteiger charge is -2.25. The minimum atomic E-state index is -3.98. The summed E-state index contributed by atoms with van der Waals surface area (Å²) >= 11 is 0. The minimum absolute atomic E-state index is 0.175. The molecule has 0 unspecified atom stereocenters. The van der Waals surface area contributed by atoms with Crippen molar-refractivity contribution in [1.82, 2.24) is 0 Å². The van der Waals surface area contributed by atoms with Crippen LogP contribution in [0, 0.1) is 46.3 Å². The Balaban J connectivity index is 2.72. The van der Waals surface area contributed by atoms with E-state index in [-0.39, 0.29) is 10.6 Å². The fourth-order valence-electron chi connectivity index (χ4n) is 2.86. The highest BCUT2D eigenvalue weighted by Gasteiger charge is 2.29. The topological polar surface area (TPSA) is 37.4 Å². The van der Waals surface area contributed by atoms with Crippen molar-refractivity contribution in [3.63, 3.8) is 0 Å². The number of rotatable bonds is 3. The van der Waals surface area contributed by atoms with Crippen LogP contribution in [-0.2, 0) is 10.0 Å². The van der Waals surface area contributed by atoms with Gasteiger partial charge in [-0.15, -0.1) is 0 Å². The van der Waals surface area contributed by atoms with E-state index in [9.17, 15) is 17.2 Å². The smallest absolute Gasteiger partial charge is 0.264 e. The van der Waals surface area contributed by atoms with E-state index in [1.165, 1.54) is 7.05 Å². The second-order valence-corrected chi connectivity index (χ2v) is 7.93. The molecular formula is C18H21F2NO2S. The van der Waals surface area contributed by atoms with Gasteiger partial charge in [-0.05, 0) is 74.6 Å². The second-order valence-electron chi connectivity index (χ2n) is 6.02. The van der Waals surface area contributed by atoms with Crippen LogP contribution in [0.2, 0.25) is 0 Å². The lowest BCUT2D eigenvalue weighted by Crippen LogP contribution is -2.29. The molecule has 0 atom stereocenters. The molecule has 0 aromatic heterocycles. The summed E-state index contributed by atoms with van der Waals surface area (Å²) in [4.78, 5) is 0.175. The van der Waals surface area contributed by atoms with Gasteiger partial charge in [0.1, 0.15) is 11.6 Å². The van der Waals surface area contributed by atoms with Gasteiger partial charge in [0.2, 0.25) is 0 Å². The molecule has 0 aliphatic heterocycles. The Bertz CT molecular complexity index is 892. The normalized spacial score (nSPS) is 11.7. The van der Waals surface area contributed by atoms with Crippen molar-refractivity contribution in [1.29, 1.82) is 0 Å². The molecule has 0 spiro atoms. The molecule has 2 aromatic carbocycles. The van der Waals surface area contributed by atoms with Crippen molar-refractivity contribution in [3.05, 3.63) is 57.7 Å². The molecule has 2 rings (SSSR count). The van der Waals surface area contributed by atoms with Crippen LogP contribution < -0.4 is 4.31 Å². The fourth-order valence-corrected chi connectivity index (χ4v) is 4.62. The summed E-state index contributed by atoms with van der Waals surface area (Å²) in [5.74, 6) is -1.67. The Kier molecular flexibility index (Phi) is 4.72. The van der Waals surface area contributed by atoms with Gasteiger partial charge in [0.05, 0.1) is 10.6 Å². The molecular weight excluding hydrogens is 332 g/mol. The number of hydrogen-bond acceptors (Lipinski definition) is 2. The summed E-state index contributed by atoms with van der Waals surface area (Å²) in [5, 5.41) is 0.